The van der Waals surface area contributed by atoms with E-state index in [1.165, 1.54) is 24.3 Å². The van der Waals surface area contributed by atoms with Crippen LogP contribution in [0, 0.1) is 0 Å². The Morgan fingerprint density at radius 2 is 0.810 bits per heavy atom. The molecule has 310 valence electrons. The van der Waals surface area contributed by atoms with Gasteiger partial charge in [-0.2, -0.15) is 0 Å². The summed E-state index contributed by atoms with van der Waals surface area (Å²) in [5.74, 6) is 0. The summed E-state index contributed by atoms with van der Waals surface area (Å²) in [6, 6.07) is 18.4. The van der Waals surface area contributed by atoms with Gasteiger partial charge in [0, 0.05) is 0 Å². The number of rotatable bonds is 4. The zero-order chi connectivity index (χ0) is 43.4. The summed E-state index contributed by atoms with van der Waals surface area (Å²) in [4.78, 5) is 0. The van der Waals surface area contributed by atoms with Crippen molar-refractivity contribution in [1.82, 2.24) is 0 Å². The molecule has 0 bridgehead atoms. The van der Waals surface area contributed by atoms with Crippen molar-refractivity contribution < 1.29 is 42.3 Å². The molecule has 0 atom stereocenters. The molecule has 0 fully saturated rings. The Labute approximate surface area is 348 Å². The minimum atomic E-state index is -6.46. The van der Waals surface area contributed by atoms with Crippen molar-refractivity contribution >= 4 is 20.2 Å². The first kappa shape index (κ1) is 44.8. The van der Waals surface area contributed by atoms with Gasteiger partial charge >= 0.3 is 351 Å². The van der Waals surface area contributed by atoms with Crippen LogP contribution in [0.15, 0.2) is 97.1 Å². The molecule has 0 aliphatic heterocycles. The Hall–Kier alpha value is -2.73. The molecular weight excluding hydrogens is 865 g/mol. The van der Waals surface area contributed by atoms with Crippen molar-refractivity contribution in [2.24, 2.45) is 0 Å². The molecule has 0 amide bonds. The van der Waals surface area contributed by atoms with Crippen molar-refractivity contribution in [3.8, 4) is 11.1 Å². The number of fused-ring (bicyclic) bond motifs is 3. The summed E-state index contributed by atoms with van der Waals surface area (Å²) in [6.07, 6.45) is -2.08. The van der Waals surface area contributed by atoms with E-state index in [1.807, 2.05) is 24.3 Å². The first-order chi connectivity index (χ1) is 26.2. The van der Waals surface area contributed by atoms with Crippen LogP contribution in [0.1, 0.15) is 142 Å². The predicted octanol–water partition coefficient (Wildman–Crippen LogP) is 16.2. The standard InChI is InChI=1S/C29H41.C15H8F6.C5H5.2ClH.Zr/c1-26(2,3)22-14-18-13-19-15-23(27(4,5)6)25(29(10,11)12)17-21(19)20(18)16-24(22)28(7,8)9;16-14(17,18)12-5-1-3-10(8-12)7-11-4-2-6-13(9-11)15(19,20)21;1-2-4-5-3-1;;;/h13-17H,1-12H3;1-6,8-9H;1-5H;2*1H;/q;;;;;+2/p-2. The Bertz CT molecular complexity index is 2270. The molecule has 0 saturated carbocycles. The number of hydrogen-bond acceptors (Lipinski definition) is 0. The van der Waals surface area contributed by atoms with Gasteiger partial charge in [-0.15, -0.1) is 0 Å². The fourth-order valence-electron chi connectivity index (χ4n) is 9.11. The topological polar surface area (TPSA) is 0 Å². The monoisotopic (exact) mass is 916 g/mol. The van der Waals surface area contributed by atoms with Crippen LogP contribution in [0.25, 0.3) is 11.1 Å². The molecule has 2 aliphatic rings. The van der Waals surface area contributed by atoms with Crippen molar-refractivity contribution in [1.29, 1.82) is 0 Å². The Balaban J connectivity index is 1.96. The maximum absolute atomic E-state index is 14.6. The van der Waals surface area contributed by atoms with Gasteiger partial charge in [0.2, 0.25) is 0 Å². The molecule has 58 heavy (non-hydrogen) atoms. The Kier molecular flexibility index (Phi) is 10.9. The molecule has 9 heteroatoms. The summed E-state index contributed by atoms with van der Waals surface area (Å²) < 4.78 is 86.2. The molecule has 0 heterocycles. The molecule has 4 aromatic rings. The molecule has 0 nitrogen and oxygen atoms in total. The van der Waals surface area contributed by atoms with Crippen molar-refractivity contribution in [3.63, 3.8) is 0 Å². The van der Waals surface area contributed by atoms with Gasteiger partial charge in [-0.1, -0.05) is 0 Å². The summed E-state index contributed by atoms with van der Waals surface area (Å²) in [6.45, 7) is 25.9. The quantitative estimate of drug-likeness (QED) is 0.179. The molecule has 6 rings (SSSR count). The number of hydrogen-bond donors (Lipinski definition) is 0. The zero-order valence-corrected chi connectivity index (χ0v) is 39.4. The van der Waals surface area contributed by atoms with E-state index in [2.05, 4.69) is 107 Å². The molecule has 0 radical (unpaired) electrons. The molecule has 4 aromatic carbocycles. The van der Waals surface area contributed by atoms with Crippen LogP contribution < -0.4 is 0 Å². The van der Waals surface area contributed by atoms with Crippen molar-refractivity contribution in [3.05, 3.63) is 153 Å². The second kappa shape index (κ2) is 14.2. The normalized spacial score (nSPS) is 15.9. The summed E-state index contributed by atoms with van der Waals surface area (Å²) in [5, 5.41) is 0. The Morgan fingerprint density at radius 3 is 1.12 bits per heavy atom. The third kappa shape index (κ3) is 7.84. The van der Waals surface area contributed by atoms with E-state index in [0.29, 0.717) is 0 Å². The third-order valence-corrected chi connectivity index (χ3v) is 31.5. The zero-order valence-electron chi connectivity index (χ0n) is 35.4. The van der Waals surface area contributed by atoms with E-state index < -0.39 is 46.6 Å². The summed E-state index contributed by atoms with van der Waals surface area (Å²) in [5.41, 5.74) is 4.95. The first-order valence-corrected chi connectivity index (χ1v) is 30.2. The second-order valence-electron chi connectivity index (χ2n) is 20.4. The summed E-state index contributed by atoms with van der Waals surface area (Å²) >= 11 is -6.46. The molecule has 0 N–H and O–H groups in total. The average molecular weight is 919 g/mol. The number of alkyl halides is 6. The van der Waals surface area contributed by atoms with Gasteiger partial charge in [-0.05, 0) is 0 Å². The second-order valence-corrected chi connectivity index (χ2v) is 41.1. The van der Waals surface area contributed by atoms with Crippen molar-refractivity contribution in [2.75, 3.05) is 0 Å². The van der Waals surface area contributed by atoms with Crippen LogP contribution >= 0.6 is 17.0 Å². The van der Waals surface area contributed by atoms with Gasteiger partial charge in [-0.25, -0.2) is 0 Å². The molecular formula is C49H54Cl2F6Zr. The fourth-order valence-corrected chi connectivity index (χ4v) is 28.4. The number of benzene rings is 4. The van der Waals surface area contributed by atoms with E-state index in [1.54, 1.807) is 0 Å². The fraction of sp³-hybridized carbons (Fsp3) is 0.408. The van der Waals surface area contributed by atoms with Gasteiger partial charge in [-0.3, -0.25) is 0 Å². The van der Waals surface area contributed by atoms with E-state index in [-0.39, 0.29) is 36.0 Å². The van der Waals surface area contributed by atoms with Crippen LogP contribution in [0.5, 0.6) is 0 Å². The van der Waals surface area contributed by atoms with Gasteiger partial charge in [0.1, 0.15) is 0 Å². The average Bonchev–Trinajstić information content (AvgIpc) is 3.73. The van der Waals surface area contributed by atoms with E-state index >= 15 is 0 Å². The number of allylic oxidation sites excluding steroid dienone is 4. The van der Waals surface area contributed by atoms with Gasteiger partial charge in [0.15, 0.2) is 0 Å². The molecule has 0 unspecified atom stereocenters. The van der Waals surface area contributed by atoms with E-state index in [9.17, 15) is 26.3 Å². The predicted molar refractivity (Wildman–Crippen MR) is 228 cm³/mol. The Morgan fingerprint density at radius 1 is 0.483 bits per heavy atom. The van der Waals surface area contributed by atoms with Gasteiger partial charge in [0.05, 0.1) is 0 Å². The number of halogens is 8. The van der Waals surface area contributed by atoms with Crippen LogP contribution in [0.3, 0.4) is 0 Å². The first-order valence-electron chi connectivity index (χ1n) is 19.8. The van der Waals surface area contributed by atoms with Crippen LogP contribution in [-0.2, 0) is 49.9 Å². The van der Waals surface area contributed by atoms with Crippen LogP contribution in [0.4, 0.5) is 26.3 Å². The molecule has 0 saturated heterocycles. The van der Waals surface area contributed by atoms with E-state index in [4.69, 9.17) is 17.0 Å². The minimum absolute atomic E-state index is 0.0539. The molecule has 2 aliphatic carbocycles. The van der Waals surface area contributed by atoms with Crippen LogP contribution in [0.2, 0.25) is 3.63 Å². The van der Waals surface area contributed by atoms with Gasteiger partial charge < -0.3 is 0 Å². The molecule has 0 spiro atoms. The van der Waals surface area contributed by atoms with Gasteiger partial charge in [0.25, 0.3) is 0 Å². The van der Waals surface area contributed by atoms with Crippen molar-refractivity contribution in [2.45, 2.75) is 124 Å². The van der Waals surface area contributed by atoms with E-state index in [0.717, 1.165) is 68.8 Å². The summed E-state index contributed by atoms with van der Waals surface area (Å²) in [7, 11) is 17.4. The van der Waals surface area contributed by atoms with Crippen LogP contribution in [-0.4, -0.2) is 3.21 Å². The third-order valence-electron chi connectivity index (χ3n) is 11.8. The SMILES string of the molecule is CC(C)(C)c1cc2c(cc1C(C)(C)C)[CH]([Zr]([Cl])([Cl])(=[C](c1cccc(C(F)(F)F)c1)c1cccc(C(F)(F)F)c1)[CH]1C=CC=C1)c1cc(C(C)(C)C)c(C(C)(C)C)cc1-2. The maximum atomic E-state index is 14.6. The molecule has 0 aromatic heterocycles.